The molecule has 6 nitrogen and oxygen atoms in total. The second kappa shape index (κ2) is 9.67. The van der Waals surface area contributed by atoms with Crippen molar-refractivity contribution >= 4 is 35.1 Å². The average Bonchev–Trinajstić information content (AvgIpc) is 3.40. The molecule has 0 aliphatic carbocycles. The first kappa shape index (κ1) is 19.6. The molecule has 0 saturated carbocycles. The van der Waals surface area contributed by atoms with E-state index in [4.69, 9.17) is 4.42 Å². The Labute approximate surface area is 178 Å². The molecule has 1 aromatic carbocycles. The zero-order valence-corrected chi connectivity index (χ0v) is 16.8. The summed E-state index contributed by atoms with van der Waals surface area (Å²) in [7, 11) is 0. The van der Waals surface area contributed by atoms with Crippen LogP contribution in [0.4, 0.5) is 0 Å². The molecule has 2 aromatic heterocycles. The van der Waals surface area contributed by atoms with Crippen LogP contribution in [0.3, 0.4) is 0 Å². The summed E-state index contributed by atoms with van der Waals surface area (Å²) in [4.78, 5) is 19.1. The first-order chi connectivity index (χ1) is 14.8. The number of rotatable bonds is 6. The molecule has 0 N–H and O–H groups in total. The Morgan fingerprint density at radius 2 is 1.93 bits per heavy atom. The molecule has 1 fully saturated rings. The lowest BCUT2D eigenvalue weighted by Crippen LogP contribution is -2.28. The molecule has 0 spiro atoms. The molecule has 7 heteroatoms. The maximum atomic E-state index is 12.9. The second-order valence-corrected chi connectivity index (χ2v) is 7.30. The van der Waals surface area contributed by atoms with Crippen molar-refractivity contribution in [1.29, 1.82) is 0 Å². The van der Waals surface area contributed by atoms with E-state index in [-0.39, 0.29) is 5.91 Å². The van der Waals surface area contributed by atoms with Gasteiger partial charge in [0.1, 0.15) is 5.76 Å². The number of furan rings is 1. The number of carbonyl (C=O) groups excluding carboxylic acids is 1. The molecule has 3 aromatic rings. The van der Waals surface area contributed by atoms with E-state index in [2.05, 4.69) is 15.2 Å². The summed E-state index contributed by atoms with van der Waals surface area (Å²) in [5.41, 5.74) is 1.89. The second-order valence-electron chi connectivity index (χ2n) is 6.29. The molecule has 30 heavy (non-hydrogen) atoms. The number of hydrogen-bond donors (Lipinski definition) is 0. The number of benzene rings is 1. The van der Waals surface area contributed by atoms with Crippen molar-refractivity contribution in [1.82, 2.24) is 9.88 Å². The fourth-order valence-electron chi connectivity index (χ4n) is 2.70. The summed E-state index contributed by atoms with van der Waals surface area (Å²) >= 11 is 1.28. The first-order valence-corrected chi connectivity index (χ1v) is 10.1. The fourth-order valence-corrected chi connectivity index (χ4v) is 3.59. The Kier molecular flexibility index (Phi) is 6.31. The van der Waals surface area contributed by atoms with Gasteiger partial charge in [-0.3, -0.25) is 14.7 Å². The third-order valence-corrected chi connectivity index (χ3v) is 5.17. The van der Waals surface area contributed by atoms with Gasteiger partial charge in [0, 0.05) is 18.0 Å². The van der Waals surface area contributed by atoms with E-state index in [1.807, 2.05) is 60.7 Å². The minimum atomic E-state index is -0.135. The molecular weight excluding hydrogens is 396 g/mol. The topological polar surface area (TPSA) is 71.1 Å². The van der Waals surface area contributed by atoms with Crippen molar-refractivity contribution < 1.29 is 9.21 Å². The van der Waals surface area contributed by atoms with Crippen molar-refractivity contribution in [2.45, 2.75) is 6.54 Å². The summed E-state index contributed by atoms with van der Waals surface area (Å²) < 4.78 is 5.40. The van der Waals surface area contributed by atoms with Crippen LogP contribution in [0.25, 0.3) is 6.08 Å². The van der Waals surface area contributed by atoms with Gasteiger partial charge in [0.25, 0.3) is 5.91 Å². The lowest BCUT2D eigenvalue weighted by Gasteiger charge is -2.12. The maximum Gasteiger partial charge on any atom is 0.267 e. The van der Waals surface area contributed by atoms with Gasteiger partial charge in [0.2, 0.25) is 0 Å². The van der Waals surface area contributed by atoms with E-state index < -0.39 is 0 Å². The number of amidine groups is 1. The van der Waals surface area contributed by atoms with E-state index >= 15 is 0 Å². The number of amides is 1. The zero-order valence-electron chi connectivity index (χ0n) is 16.0. The van der Waals surface area contributed by atoms with Crippen LogP contribution in [-0.4, -0.2) is 27.2 Å². The molecule has 0 unspecified atom stereocenters. The van der Waals surface area contributed by atoms with Crippen molar-refractivity contribution in [3.05, 3.63) is 107 Å². The Bertz CT molecular complexity index is 1100. The van der Waals surface area contributed by atoms with Crippen molar-refractivity contribution in [3.8, 4) is 0 Å². The Morgan fingerprint density at radius 1 is 1.07 bits per heavy atom. The number of nitrogens with zero attached hydrogens (tertiary/aromatic N) is 4. The number of thioether (sulfide) groups is 1. The lowest BCUT2D eigenvalue weighted by atomic mass is 10.2. The predicted octanol–water partition coefficient (Wildman–Crippen LogP) is 4.74. The summed E-state index contributed by atoms with van der Waals surface area (Å²) in [6.07, 6.45) is 12.2. The normalized spacial score (nSPS) is 17.2. The fraction of sp³-hybridized carbons (Fsp3) is 0.0435. The Morgan fingerprint density at radius 3 is 2.70 bits per heavy atom. The zero-order chi connectivity index (χ0) is 20.6. The highest BCUT2D eigenvalue weighted by Gasteiger charge is 2.33. The average molecular weight is 414 g/mol. The molecule has 1 amide bonds. The van der Waals surface area contributed by atoms with Gasteiger partial charge in [0.15, 0.2) is 5.17 Å². The van der Waals surface area contributed by atoms with Gasteiger partial charge in [0.05, 0.1) is 23.9 Å². The molecule has 148 valence electrons. The highest BCUT2D eigenvalue weighted by Crippen LogP contribution is 2.32. The number of aromatic nitrogens is 1. The molecule has 0 bridgehead atoms. The number of pyridine rings is 1. The maximum absolute atomic E-state index is 12.9. The van der Waals surface area contributed by atoms with Gasteiger partial charge in [-0.05, 0) is 41.6 Å². The van der Waals surface area contributed by atoms with Gasteiger partial charge < -0.3 is 4.42 Å². The highest BCUT2D eigenvalue weighted by atomic mass is 32.2. The van der Waals surface area contributed by atoms with Gasteiger partial charge in [-0.25, -0.2) is 0 Å². The van der Waals surface area contributed by atoms with E-state index in [1.165, 1.54) is 11.8 Å². The quantitative estimate of drug-likeness (QED) is 0.332. The Balaban J connectivity index is 1.55. The van der Waals surface area contributed by atoms with Crippen molar-refractivity contribution in [2.24, 2.45) is 10.2 Å². The third-order valence-electron chi connectivity index (χ3n) is 4.15. The van der Waals surface area contributed by atoms with Crippen LogP contribution in [-0.2, 0) is 11.3 Å². The molecule has 0 atom stereocenters. The molecular formula is C23H18N4O2S. The van der Waals surface area contributed by atoms with Gasteiger partial charge >= 0.3 is 0 Å². The van der Waals surface area contributed by atoms with Crippen LogP contribution in [0.15, 0.2) is 105 Å². The largest absolute Gasteiger partial charge is 0.467 e. The van der Waals surface area contributed by atoms with Gasteiger partial charge in [-0.1, -0.05) is 48.6 Å². The minimum absolute atomic E-state index is 0.135. The van der Waals surface area contributed by atoms with Crippen molar-refractivity contribution in [2.75, 3.05) is 0 Å². The molecule has 1 saturated heterocycles. The smallest absolute Gasteiger partial charge is 0.267 e. The minimum Gasteiger partial charge on any atom is -0.467 e. The van der Waals surface area contributed by atoms with Crippen LogP contribution in [0.1, 0.15) is 16.9 Å². The molecule has 0 radical (unpaired) electrons. The van der Waals surface area contributed by atoms with Gasteiger partial charge in [-0.15, -0.1) is 5.10 Å². The van der Waals surface area contributed by atoms with Crippen LogP contribution >= 0.6 is 11.8 Å². The molecule has 1 aliphatic rings. The number of hydrogen-bond acceptors (Lipinski definition) is 6. The van der Waals surface area contributed by atoms with Crippen molar-refractivity contribution in [3.63, 3.8) is 0 Å². The number of allylic oxidation sites excluding steroid dienone is 2. The summed E-state index contributed by atoms with van der Waals surface area (Å²) in [6, 6.07) is 17.2. The van der Waals surface area contributed by atoms with E-state index in [0.717, 1.165) is 11.1 Å². The van der Waals surface area contributed by atoms with Crippen LogP contribution in [0.5, 0.6) is 0 Å². The van der Waals surface area contributed by atoms with E-state index in [1.54, 1.807) is 41.9 Å². The third kappa shape index (κ3) is 5.01. The summed E-state index contributed by atoms with van der Waals surface area (Å²) in [5, 5.41) is 8.90. The highest BCUT2D eigenvalue weighted by molar-refractivity contribution is 8.18. The standard InChI is InChI=1S/C23H18N4O2S/c28-22-21(12-4-9-18-7-2-1-3-8-18)30-23(27(22)17-20-11-6-14-29-20)26-25-16-19-10-5-13-24-15-19/h1-16H,17H2/b9-4+,21-12-,25-16+,26-23+. The van der Waals surface area contributed by atoms with Crippen LogP contribution < -0.4 is 0 Å². The predicted molar refractivity (Wildman–Crippen MR) is 120 cm³/mol. The lowest BCUT2D eigenvalue weighted by molar-refractivity contribution is -0.122. The van der Waals surface area contributed by atoms with Crippen LogP contribution in [0, 0.1) is 0 Å². The Hall–Kier alpha value is -3.71. The van der Waals surface area contributed by atoms with Crippen LogP contribution in [0.2, 0.25) is 0 Å². The SMILES string of the molecule is O=C1/C(=C/C=C/c2ccccc2)S/C(=N/N=C/c2cccnc2)N1Cc1ccco1. The molecule has 3 heterocycles. The summed E-state index contributed by atoms with van der Waals surface area (Å²) in [6.45, 7) is 0.291. The molecule has 4 rings (SSSR count). The van der Waals surface area contributed by atoms with E-state index in [9.17, 15) is 4.79 Å². The number of carbonyl (C=O) groups is 1. The monoisotopic (exact) mass is 414 g/mol. The summed E-state index contributed by atoms with van der Waals surface area (Å²) in [5.74, 6) is 0.540. The van der Waals surface area contributed by atoms with E-state index in [0.29, 0.717) is 22.4 Å². The molecule has 1 aliphatic heterocycles. The first-order valence-electron chi connectivity index (χ1n) is 9.26. The van der Waals surface area contributed by atoms with Gasteiger partial charge in [-0.2, -0.15) is 5.10 Å².